The number of aliphatic carboxylic acids is 1. The number of rotatable bonds is 9. The van der Waals surface area contributed by atoms with Crippen LogP contribution in [-0.4, -0.2) is 103 Å². The maximum absolute atomic E-state index is 13.2. The molecule has 3 fully saturated rings. The highest BCUT2D eigenvalue weighted by Gasteiger charge is 2.76. The SMILES string of the molecule is CN=C1NCC#C[C@@H]2C[C@@H](C)[C@@]34C[C@](O)(CO[C@H]5CCC[C@@H](NC)C5)C(C(=O)O)=C3C[C@@H]2[C@@]42CN1C=C[C@@H]2CNCCO. The predicted molar refractivity (Wildman–Crippen MR) is 164 cm³/mol. The van der Waals surface area contributed by atoms with E-state index in [0.29, 0.717) is 45.1 Å². The Labute approximate surface area is 255 Å². The molecule has 0 aromatic heterocycles. The molecule has 0 amide bonds. The predicted octanol–water partition coefficient (Wildman–Crippen LogP) is 1.32. The Kier molecular flexibility index (Phi) is 8.42. The molecule has 236 valence electrons. The van der Waals surface area contributed by atoms with Crippen molar-refractivity contribution in [1.82, 2.24) is 20.9 Å². The number of guanidine groups is 1. The highest BCUT2D eigenvalue weighted by atomic mass is 16.5. The van der Waals surface area contributed by atoms with Gasteiger partial charge in [0.2, 0.25) is 0 Å². The third-order valence-electron chi connectivity index (χ3n) is 11.9. The number of ether oxygens (including phenoxy) is 1. The first-order valence-corrected chi connectivity index (χ1v) is 16.2. The molecule has 0 aromatic rings. The molecule has 0 unspecified atom stereocenters. The molecule has 43 heavy (non-hydrogen) atoms. The van der Waals surface area contributed by atoms with Gasteiger partial charge in [0.1, 0.15) is 5.60 Å². The topological polar surface area (TPSA) is 139 Å². The van der Waals surface area contributed by atoms with Crippen LogP contribution in [0.1, 0.15) is 51.9 Å². The number of allylic oxidation sites excluding steroid dienone is 1. The van der Waals surface area contributed by atoms with Crippen LogP contribution >= 0.6 is 0 Å². The van der Waals surface area contributed by atoms with Crippen molar-refractivity contribution in [2.75, 3.05) is 53.5 Å². The number of carbonyl (C=O) groups is 1. The van der Waals surface area contributed by atoms with Crippen LogP contribution in [0.3, 0.4) is 0 Å². The number of hydrogen-bond donors (Lipinski definition) is 6. The molecule has 9 atom stereocenters. The summed E-state index contributed by atoms with van der Waals surface area (Å²) in [5.74, 6) is 7.09. The lowest BCUT2D eigenvalue weighted by Gasteiger charge is -2.62. The lowest BCUT2D eigenvalue weighted by Crippen LogP contribution is -2.64. The fraction of sp³-hybridized carbons (Fsp3) is 0.758. The Bertz CT molecular complexity index is 1260. The van der Waals surface area contributed by atoms with Crippen LogP contribution < -0.4 is 16.0 Å². The van der Waals surface area contributed by atoms with Crippen molar-refractivity contribution < 1.29 is 24.9 Å². The first-order chi connectivity index (χ1) is 20.7. The van der Waals surface area contributed by atoms with E-state index in [1.165, 1.54) is 0 Å². The van der Waals surface area contributed by atoms with E-state index < -0.39 is 22.4 Å². The monoisotopic (exact) mass is 595 g/mol. The molecule has 2 spiro atoms. The number of carboxylic acids is 1. The second kappa shape index (κ2) is 11.8. The van der Waals surface area contributed by atoms with E-state index in [-0.39, 0.29) is 48.6 Å². The van der Waals surface area contributed by atoms with Crippen molar-refractivity contribution in [3.8, 4) is 11.8 Å². The van der Waals surface area contributed by atoms with Gasteiger partial charge in [-0.05, 0) is 75.3 Å². The highest BCUT2D eigenvalue weighted by Crippen LogP contribution is 2.78. The van der Waals surface area contributed by atoms with Crippen molar-refractivity contribution in [1.29, 1.82) is 0 Å². The molecule has 0 radical (unpaired) electrons. The van der Waals surface area contributed by atoms with E-state index >= 15 is 0 Å². The number of aliphatic imine (C=N–C) groups is 1. The van der Waals surface area contributed by atoms with E-state index in [0.717, 1.165) is 43.6 Å². The number of hydrogen-bond acceptors (Lipinski definition) is 7. The zero-order valence-corrected chi connectivity index (χ0v) is 25.9. The van der Waals surface area contributed by atoms with Gasteiger partial charge in [-0.15, -0.1) is 0 Å². The molecule has 0 aromatic carbocycles. The molecule has 5 bridgehead atoms. The second-order valence-corrected chi connectivity index (χ2v) is 13.7. The number of fused-ring (bicyclic) bond motifs is 1. The van der Waals surface area contributed by atoms with E-state index in [4.69, 9.17) is 4.74 Å². The van der Waals surface area contributed by atoms with Gasteiger partial charge >= 0.3 is 5.97 Å². The van der Waals surface area contributed by atoms with Crippen LogP contribution in [0.5, 0.6) is 0 Å². The Balaban J connectivity index is 1.47. The summed E-state index contributed by atoms with van der Waals surface area (Å²) in [6, 6.07) is 0.376. The molecule has 2 heterocycles. The molecular formula is C33H49N5O5. The van der Waals surface area contributed by atoms with Gasteiger partial charge in [0.15, 0.2) is 5.96 Å². The minimum Gasteiger partial charge on any atom is -0.478 e. The van der Waals surface area contributed by atoms with Gasteiger partial charge in [-0.1, -0.05) is 24.8 Å². The zero-order valence-electron chi connectivity index (χ0n) is 25.9. The van der Waals surface area contributed by atoms with Crippen LogP contribution in [-0.2, 0) is 9.53 Å². The molecule has 0 saturated heterocycles. The van der Waals surface area contributed by atoms with E-state index in [9.17, 15) is 20.1 Å². The normalized spacial score (nSPS) is 42.3. The van der Waals surface area contributed by atoms with E-state index in [2.05, 4.69) is 56.9 Å². The number of carboxylic acid groups (broad SMARTS) is 1. The summed E-state index contributed by atoms with van der Waals surface area (Å²) in [5.41, 5.74) is -1.46. The quantitative estimate of drug-likeness (QED) is 0.172. The summed E-state index contributed by atoms with van der Waals surface area (Å²) in [5, 5.41) is 43.1. The van der Waals surface area contributed by atoms with Crippen molar-refractivity contribution in [2.24, 2.45) is 39.5 Å². The average molecular weight is 596 g/mol. The van der Waals surface area contributed by atoms with E-state index in [1.807, 2.05) is 7.05 Å². The lowest BCUT2D eigenvalue weighted by atomic mass is 9.44. The van der Waals surface area contributed by atoms with Gasteiger partial charge < -0.3 is 40.9 Å². The first kappa shape index (κ1) is 30.6. The van der Waals surface area contributed by atoms with Crippen molar-refractivity contribution in [3.05, 3.63) is 23.4 Å². The van der Waals surface area contributed by atoms with E-state index in [1.54, 1.807) is 7.05 Å². The fourth-order valence-electron chi connectivity index (χ4n) is 10.3. The number of nitrogens with zero attached hydrogens (tertiary/aromatic N) is 2. The van der Waals surface area contributed by atoms with Crippen LogP contribution in [0.2, 0.25) is 0 Å². The summed E-state index contributed by atoms with van der Waals surface area (Å²) < 4.78 is 6.44. The number of aliphatic hydroxyl groups excluding tert-OH is 1. The summed E-state index contributed by atoms with van der Waals surface area (Å²) >= 11 is 0. The largest absolute Gasteiger partial charge is 0.478 e. The minimum absolute atomic E-state index is 0.00542. The van der Waals surface area contributed by atoms with Crippen molar-refractivity contribution >= 4 is 11.9 Å². The maximum atomic E-state index is 13.2. The molecule has 10 heteroatoms. The summed E-state index contributed by atoms with van der Waals surface area (Å²) in [4.78, 5) is 19.9. The molecule has 3 saturated carbocycles. The van der Waals surface area contributed by atoms with Gasteiger partial charge in [0.05, 0.1) is 31.4 Å². The molecular weight excluding hydrogens is 546 g/mol. The third-order valence-corrected chi connectivity index (χ3v) is 11.9. The summed E-state index contributed by atoms with van der Waals surface area (Å²) in [6.07, 6.45) is 10.1. The number of aliphatic hydroxyl groups is 2. The van der Waals surface area contributed by atoms with Crippen LogP contribution in [0.25, 0.3) is 0 Å². The minimum atomic E-state index is -1.58. The third kappa shape index (κ3) is 4.74. The first-order valence-electron chi connectivity index (χ1n) is 16.2. The smallest absolute Gasteiger partial charge is 0.334 e. The number of nitrogens with one attached hydrogen (secondary N) is 3. The Morgan fingerprint density at radius 1 is 1.33 bits per heavy atom. The Morgan fingerprint density at radius 3 is 2.91 bits per heavy atom. The molecule has 4 aliphatic carbocycles. The molecule has 10 nitrogen and oxygen atoms in total. The summed E-state index contributed by atoms with van der Waals surface area (Å²) in [7, 11) is 3.75. The molecule has 6 rings (SSSR count). The fourth-order valence-corrected chi connectivity index (χ4v) is 10.3. The van der Waals surface area contributed by atoms with Crippen molar-refractivity contribution in [2.45, 2.75) is 69.6 Å². The molecule has 2 aliphatic heterocycles. The van der Waals surface area contributed by atoms with Gasteiger partial charge in [-0.3, -0.25) is 4.99 Å². The van der Waals surface area contributed by atoms with Gasteiger partial charge in [0.25, 0.3) is 0 Å². The molecule has 6 aliphatic rings. The maximum Gasteiger partial charge on any atom is 0.334 e. The van der Waals surface area contributed by atoms with Crippen molar-refractivity contribution in [3.63, 3.8) is 0 Å². The highest BCUT2D eigenvalue weighted by molar-refractivity contribution is 5.92. The van der Waals surface area contributed by atoms with Gasteiger partial charge in [0, 0.05) is 55.7 Å². The standard InChI is InChI=1S/C33H49N5O5/c1-21-14-22-6-5-10-37-30(35-3)38-12-9-23(17-36-11-13-39)33(19-38)26(22)16-27-28(29(40)41)31(42,18-32(21,27)33)20-43-25-8-4-7-24(15-25)34-2/h9,12,21-26,34,36,39,42H,4,7-8,10-11,13-20H2,1-3H3,(H,35,37)(H,40,41)/t21-,22-,23-,24-,25+,26+,31+,32+,33+/m1/s1. The van der Waals surface area contributed by atoms with Crippen LogP contribution in [0, 0.1) is 46.3 Å². The Morgan fingerprint density at radius 2 is 2.16 bits per heavy atom. The average Bonchev–Trinajstić information content (AvgIpc) is 3.37. The van der Waals surface area contributed by atoms with Gasteiger partial charge in [-0.25, -0.2) is 4.79 Å². The van der Waals surface area contributed by atoms with Gasteiger partial charge in [-0.2, -0.15) is 0 Å². The van der Waals surface area contributed by atoms with Crippen LogP contribution in [0.4, 0.5) is 0 Å². The molecule has 6 N–H and O–H groups in total. The lowest BCUT2D eigenvalue weighted by molar-refractivity contribution is -0.145. The zero-order chi connectivity index (χ0) is 30.4. The Hall–Kier alpha value is -2.42. The second-order valence-electron chi connectivity index (χ2n) is 13.7. The van der Waals surface area contributed by atoms with Crippen LogP contribution in [0.15, 0.2) is 28.4 Å². The summed E-state index contributed by atoms with van der Waals surface area (Å²) in [6.45, 7) is 4.59.